The van der Waals surface area contributed by atoms with Gasteiger partial charge in [0.2, 0.25) is 0 Å². The minimum absolute atomic E-state index is 0.0717. The molecule has 0 unspecified atom stereocenters. The van der Waals surface area contributed by atoms with E-state index in [9.17, 15) is 10.1 Å². The molecule has 1 saturated heterocycles. The standard InChI is InChI=1S/C15H20N4O3/c1-11(18-5-6-22-10-12(18)2)9-17-14-3-4-15(19(20)21)13(7-14)8-16/h3-4,7,11-12,17H,5-6,9-10H2,1-2H3/t11-,12-/m0/s1. The van der Waals surface area contributed by atoms with Gasteiger partial charge in [-0.05, 0) is 26.0 Å². The van der Waals surface area contributed by atoms with Crippen LogP contribution in [-0.2, 0) is 4.74 Å². The summed E-state index contributed by atoms with van der Waals surface area (Å²) < 4.78 is 5.43. The largest absolute Gasteiger partial charge is 0.383 e. The second kappa shape index (κ2) is 7.20. The third kappa shape index (κ3) is 3.72. The molecule has 1 aromatic carbocycles. The molecule has 0 aromatic heterocycles. The highest BCUT2D eigenvalue weighted by atomic mass is 16.6. The molecule has 7 heteroatoms. The molecule has 1 aliphatic rings. The SMILES string of the molecule is C[C@@H](CNc1ccc([N+](=O)[O-])c(C#N)c1)N1CCOC[C@@H]1C. The molecule has 0 radical (unpaired) electrons. The Morgan fingerprint density at radius 2 is 2.41 bits per heavy atom. The molecule has 1 fully saturated rings. The topological polar surface area (TPSA) is 91.4 Å². The van der Waals surface area contributed by atoms with Gasteiger partial charge in [0.25, 0.3) is 5.69 Å². The Kier molecular flexibility index (Phi) is 5.31. The smallest absolute Gasteiger partial charge is 0.287 e. The maximum absolute atomic E-state index is 10.8. The van der Waals surface area contributed by atoms with Crippen molar-refractivity contribution in [3.63, 3.8) is 0 Å². The number of nitro groups is 1. The number of hydrogen-bond donors (Lipinski definition) is 1. The molecule has 1 N–H and O–H groups in total. The van der Waals surface area contributed by atoms with Crippen molar-refractivity contribution in [3.8, 4) is 6.07 Å². The fraction of sp³-hybridized carbons (Fsp3) is 0.533. The summed E-state index contributed by atoms with van der Waals surface area (Å²) >= 11 is 0. The maximum Gasteiger partial charge on any atom is 0.287 e. The van der Waals surface area contributed by atoms with Crippen molar-refractivity contribution in [1.82, 2.24) is 4.90 Å². The average molecular weight is 304 g/mol. The summed E-state index contributed by atoms with van der Waals surface area (Å²) in [7, 11) is 0. The first-order valence-electron chi connectivity index (χ1n) is 7.29. The molecule has 0 spiro atoms. The van der Waals surface area contributed by atoms with Crippen LogP contribution in [0.1, 0.15) is 19.4 Å². The molecule has 7 nitrogen and oxygen atoms in total. The second-order valence-electron chi connectivity index (χ2n) is 5.49. The Hall–Kier alpha value is -2.17. The summed E-state index contributed by atoms with van der Waals surface area (Å²) in [4.78, 5) is 12.6. The minimum atomic E-state index is -0.541. The van der Waals surface area contributed by atoms with Gasteiger partial charge >= 0.3 is 0 Å². The van der Waals surface area contributed by atoms with Crippen LogP contribution < -0.4 is 5.32 Å². The van der Waals surface area contributed by atoms with Gasteiger partial charge < -0.3 is 10.1 Å². The molecule has 118 valence electrons. The van der Waals surface area contributed by atoms with Crippen molar-refractivity contribution < 1.29 is 9.66 Å². The molecule has 1 aliphatic heterocycles. The van der Waals surface area contributed by atoms with E-state index < -0.39 is 4.92 Å². The lowest BCUT2D eigenvalue weighted by molar-refractivity contribution is -0.385. The molecule has 0 amide bonds. The number of ether oxygens (including phenoxy) is 1. The van der Waals surface area contributed by atoms with E-state index in [0.717, 1.165) is 25.4 Å². The minimum Gasteiger partial charge on any atom is -0.383 e. The van der Waals surface area contributed by atoms with E-state index in [-0.39, 0.29) is 11.3 Å². The Bertz CT molecular complexity index is 585. The van der Waals surface area contributed by atoms with Crippen molar-refractivity contribution in [1.29, 1.82) is 5.26 Å². The third-order valence-corrected chi connectivity index (χ3v) is 3.90. The summed E-state index contributed by atoms with van der Waals surface area (Å²) in [5.74, 6) is 0. The van der Waals surface area contributed by atoms with Gasteiger partial charge in [-0.2, -0.15) is 5.26 Å². The number of nitrogens with zero attached hydrogens (tertiary/aromatic N) is 3. The maximum atomic E-state index is 10.8. The van der Waals surface area contributed by atoms with Crippen molar-refractivity contribution in [2.24, 2.45) is 0 Å². The number of benzene rings is 1. The zero-order valence-electron chi connectivity index (χ0n) is 12.8. The summed E-state index contributed by atoms with van der Waals surface area (Å²) in [6, 6.07) is 7.06. The van der Waals surface area contributed by atoms with E-state index in [0.29, 0.717) is 18.6 Å². The fourth-order valence-electron chi connectivity index (χ4n) is 2.67. The van der Waals surface area contributed by atoms with Gasteiger partial charge in [0.1, 0.15) is 11.6 Å². The van der Waals surface area contributed by atoms with Gasteiger partial charge in [0, 0.05) is 36.9 Å². The monoisotopic (exact) mass is 304 g/mol. The van der Waals surface area contributed by atoms with Crippen LogP contribution in [0.25, 0.3) is 0 Å². The predicted molar refractivity (Wildman–Crippen MR) is 82.8 cm³/mol. The number of nitriles is 1. The van der Waals surface area contributed by atoms with Gasteiger partial charge in [0.15, 0.2) is 0 Å². The van der Waals surface area contributed by atoms with Crippen LogP contribution in [0.2, 0.25) is 0 Å². The Morgan fingerprint density at radius 1 is 1.64 bits per heavy atom. The zero-order valence-corrected chi connectivity index (χ0v) is 12.8. The predicted octanol–water partition coefficient (Wildman–Crippen LogP) is 1.99. The molecule has 0 bridgehead atoms. The molecular weight excluding hydrogens is 284 g/mol. The fourth-order valence-corrected chi connectivity index (χ4v) is 2.67. The molecule has 22 heavy (non-hydrogen) atoms. The lowest BCUT2D eigenvalue weighted by Crippen LogP contribution is -2.50. The van der Waals surface area contributed by atoms with Gasteiger partial charge in [-0.1, -0.05) is 0 Å². The Balaban J connectivity index is 1.99. The van der Waals surface area contributed by atoms with Crippen molar-refractivity contribution >= 4 is 11.4 Å². The zero-order chi connectivity index (χ0) is 16.1. The van der Waals surface area contributed by atoms with Crippen LogP contribution >= 0.6 is 0 Å². The van der Waals surface area contributed by atoms with Crippen LogP contribution in [0, 0.1) is 21.4 Å². The first-order valence-corrected chi connectivity index (χ1v) is 7.29. The Labute approximate surface area is 129 Å². The number of hydrogen-bond acceptors (Lipinski definition) is 6. The van der Waals surface area contributed by atoms with Crippen LogP contribution in [0.15, 0.2) is 18.2 Å². The van der Waals surface area contributed by atoms with E-state index >= 15 is 0 Å². The number of nitrogens with one attached hydrogen (secondary N) is 1. The van der Waals surface area contributed by atoms with E-state index in [2.05, 4.69) is 24.1 Å². The molecule has 1 aromatic rings. The lowest BCUT2D eigenvalue weighted by Gasteiger charge is -2.38. The van der Waals surface area contributed by atoms with Gasteiger partial charge in [-0.3, -0.25) is 15.0 Å². The second-order valence-corrected chi connectivity index (χ2v) is 5.49. The van der Waals surface area contributed by atoms with E-state index in [1.807, 2.05) is 6.07 Å². The quantitative estimate of drug-likeness (QED) is 0.660. The lowest BCUT2D eigenvalue weighted by atomic mass is 10.1. The van der Waals surface area contributed by atoms with Crippen LogP contribution in [-0.4, -0.2) is 48.2 Å². The van der Waals surface area contributed by atoms with E-state index in [1.54, 1.807) is 6.07 Å². The number of anilines is 1. The van der Waals surface area contributed by atoms with Crippen LogP contribution in [0.3, 0.4) is 0 Å². The van der Waals surface area contributed by atoms with Gasteiger partial charge in [-0.15, -0.1) is 0 Å². The number of rotatable bonds is 5. The first-order chi connectivity index (χ1) is 10.5. The van der Waals surface area contributed by atoms with Crippen molar-refractivity contribution in [2.75, 3.05) is 31.6 Å². The van der Waals surface area contributed by atoms with E-state index in [1.165, 1.54) is 12.1 Å². The number of morpholine rings is 1. The summed E-state index contributed by atoms with van der Waals surface area (Å²) in [6.07, 6.45) is 0. The van der Waals surface area contributed by atoms with Crippen LogP contribution in [0.4, 0.5) is 11.4 Å². The number of nitro benzene ring substituents is 1. The van der Waals surface area contributed by atoms with Gasteiger partial charge in [0.05, 0.1) is 18.1 Å². The molecule has 2 atom stereocenters. The highest BCUT2D eigenvalue weighted by Crippen LogP contribution is 2.22. The average Bonchev–Trinajstić information content (AvgIpc) is 2.52. The van der Waals surface area contributed by atoms with Gasteiger partial charge in [-0.25, -0.2) is 0 Å². The summed E-state index contributed by atoms with van der Waals surface area (Å²) in [6.45, 7) is 7.34. The van der Waals surface area contributed by atoms with Crippen molar-refractivity contribution in [3.05, 3.63) is 33.9 Å². The highest BCUT2D eigenvalue weighted by molar-refractivity contribution is 5.58. The van der Waals surface area contributed by atoms with Crippen LogP contribution in [0.5, 0.6) is 0 Å². The van der Waals surface area contributed by atoms with E-state index in [4.69, 9.17) is 10.00 Å². The molecule has 2 rings (SSSR count). The van der Waals surface area contributed by atoms with Crippen molar-refractivity contribution in [2.45, 2.75) is 25.9 Å². The third-order valence-electron chi connectivity index (χ3n) is 3.90. The molecule has 0 aliphatic carbocycles. The molecule has 1 heterocycles. The molecule has 0 saturated carbocycles. The normalized spacial score (nSPS) is 20.1. The summed E-state index contributed by atoms with van der Waals surface area (Å²) in [5.41, 5.74) is 0.625. The first kappa shape index (κ1) is 16.2. The molecular formula is C15H20N4O3. The highest BCUT2D eigenvalue weighted by Gasteiger charge is 2.23. The summed E-state index contributed by atoms with van der Waals surface area (Å²) in [5, 5.41) is 23.1. The Morgan fingerprint density at radius 3 is 3.05 bits per heavy atom.